The molecule has 12 heteroatoms. The number of Topliss-reactive ketones (excluding diaryl/α,β-unsaturated/α-hetero) is 1. The number of nitrogens with one attached hydrogen (secondary N) is 4. The van der Waals surface area contributed by atoms with Crippen molar-refractivity contribution in [2.24, 2.45) is 11.7 Å². The maximum Gasteiger partial charge on any atom is 0.241 e. The molecule has 0 aromatic heterocycles. The third-order valence-corrected chi connectivity index (χ3v) is 8.37. The van der Waals surface area contributed by atoms with E-state index in [9.17, 15) is 22.8 Å². The highest BCUT2D eigenvalue weighted by Gasteiger charge is 2.30. The molecule has 1 aliphatic heterocycles. The van der Waals surface area contributed by atoms with Crippen LogP contribution in [0.3, 0.4) is 0 Å². The van der Waals surface area contributed by atoms with E-state index in [-0.39, 0.29) is 34.6 Å². The van der Waals surface area contributed by atoms with Gasteiger partial charge < -0.3 is 21.3 Å². The number of anilines is 1. The molecule has 0 spiro atoms. The monoisotopic (exact) mass is 564 g/mol. The Kier molecular flexibility index (Phi) is 9.12. The van der Waals surface area contributed by atoms with E-state index in [1.165, 1.54) is 18.2 Å². The molecule has 2 amide bonds. The molecule has 1 fully saturated rings. The molecule has 6 N–H and O–H groups in total. The third-order valence-electron chi connectivity index (χ3n) is 6.90. The van der Waals surface area contributed by atoms with Crippen LogP contribution >= 0.6 is 0 Å². The molecule has 1 heterocycles. The summed E-state index contributed by atoms with van der Waals surface area (Å²) in [6, 6.07) is 16.8. The van der Waals surface area contributed by atoms with Gasteiger partial charge in [-0.15, -0.1) is 0 Å². The Morgan fingerprint density at radius 1 is 1.07 bits per heavy atom. The standard InChI is InChI=1S/C28H32N6O5S/c29-28(30)34-13-5-6-19(17-34)16-31-27(37)25(15-26(36)23-9-3-4-10-24(23)32-18-35)33-40(38,39)22-12-11-20-7-1-2-8-21(20)14-22/h1-4,7-12,14,18-19,25,33H,5-6,13,15-17H2,(H3,29,30)(H,31,37)(H,32,35). The van der Waals surface area contributed by atoms with Gasteiger partial charge in [0.2, 0.25) is 22.3 Å². The number of amides is 2. The lowest BCUT2D eigenvalue weighted by Gasteiger charge is -2.33. The topological polar surface area (TPSA) is 175 Å². The SMILES string of the molecule is N=C(N)N1CCCC(CNC(=O)C(CC(=O)c2ccccc2NC=O)NS(=O)(=O)c2ccc3ccccc3c2)C1. The predicted octanol–water partition coefficient (Wildman–Crippen LogP) is 2.05. The minimum Gasteiger partial charge on any atom is -0.370 e. The number of rotatable bonds is 11. The summed E-state index contributed by atoms with van der Waals surface area (Å²) in [4.78, 5) is 39.3. The summed E-state index contributed by atoms with van der Waals surface area (Å²) in [6.45, 7) is 1.39. The highest BCUT2D eigenvalue weighted by molar-refractivity contribution is 7.89. The van der Waals surface area contributed by atoms with Gasteiger partial charge in [0.05, 0.1) is 10.6 Å². The first kappa shape index (κ1) is 28.7. The van der Waals surface area contributed by atoms with Gasteiger partial charge >= 0.3 is 0 Å². The molecule has 210 valence electrons. The average molecular weight is 565 g/mol. The van der Waals surface area contributed by atoms with Crippen molar-refractivity contribution in [3.8, 4) is 0 Å². The fourth-order valence-corrected chi connectivity index (χ4v) is 6.04. The number of carbonyl (C=O) groups excluding carboxylic acids is 3. The van der Waals surface area contributed by atoms with Gasteiger partial charge in [-0.2, -0.15) is 4.72 Å². The highest BCUT2D eigenvalue weighted by atomic mass is 32.2. The fourth-order valence-electron chi connectivity index (χ4n) is 4.81. The number of guanidine groups is 1. The number of nitrogens with two attached hydrogens (primary N) is 1. The van der Waals surface area contributed by atoms with Crippen LogP contribution in [-0.4, -0.2) is 63.1 Å². The van der Waals surface area contributed by atoms with Crippen LogP contribution in [0.4, 0.5) is 5.69 Å². The first-order chi connectivity index (χ1) is 19.2. The minimum atomic E-state index is -4.20. The van der Waals surface area contributed by atoms with Gasteiger partial charge in [0.25, 0.3) is 0 Å². The van der Waals surface area contributed by atoms with Crippen LogP contribution in [0.5, 0.6) is 0 Å². The van der Waals surface area contributed by atoms with Crippen LogP contribution < -0.4 is 21.1 Å². The zero-order valence-corrected chi connectivity index (χ0v) is 22.6. The van der Waals surface area contributed by atoms with Crippen molar-refractivity contribution in [3.63, 3.8) is 0 Å². The van der Waals surface area contributed by atoms with Crippen LogP contribution in [0, 0.1) is 11.3 Å². The maximum atomic E-state index is 13.4. The molecule has 3 aromatic carbocycles. The van der Waals surface area contributed by atoms with Crippen molar-refractivity contribution in [2.45, 2.75) is 30.2 Å². The van der Waals surface area contributed by atoms with Gasteiger partial charge in [-0.25, -0.2) is 8.42 Å². The van der Waals surface area contributed by atoms with E-state index in [2.05, 4.69) is 15.4 Å². The zero-order valence-electron chi connectivity index (χ0n) is 21.8. The summed E-state index contributed by atoms with van der Waals surface area (Å²) in [6.07, 6.45) is 1.58. The molecule has 40 heavy (non-hydrogen) atoms. The second-order valence-electron chi connectivity index (χ2n) is 9.70. The number of sulfonamides is 1. The lowest BCUT2D eigenvalue weighted by atomic mass is 9.97. The zero-order chi connectivity index (χ0) is 28.7. The first-order valence-electron chi connectivity index (χ1n) is 12.9. The van der Waals surface area contributed by atoms with E-state index in [1.54, 1.807) is 41.3 Å². The molecule has 4 rings (SSSR count). The van der Waals surface area contributed by atoms with E-state index in [0.717, 1.165) is 18.2 Å². The minimum absolute atomic E-state index is 0.00700. The van der Waals surface area contributed by atoms with Gasteiger partial charge in [-0.05, 0) is 53.8 Å². The van der Waals surface area contributed by atoms with E-state index >= 15 is 0 Å². The van der Waals surface area contributed by atoms with E-state index < -0.39 is 34.2 Å². The number of para-hydroxylation sites is 1. The number of benzene rings is 3. The molecule has 0 saturated carbocycles. The second-order valence-corrected chi connectivity index (χ2v) is 11.4. The molecule has 3 aromatic rings. The predicted molar refractivity (Wildman–Crippen MR) is 152 cm³/mol. The maximum absolute atomic E-state index is 13.4. The highest BCUT2D eigenvalue weighted by Crippen LogP contribution is 2.21. The average Bonchev–Trinajstić information content (AvgIpc) is 2.95. The van der Waals surface area contributed by atoms with Crippen LogP contribution in [0.25, 0.3) is 10.8 Å². The summed E-state index contributed by atoms with van der Waals surface area (Å²) >= 11 is 0. The van der Waals surface area contributed by atoms with E-state index in [1.807, 2.05) is 12.1 Å². The molecule has 1 saturated heterocycles. The van der Waals surface area contributed by atoms with Crippen molar-refractivity contribution >= 4 is 50.5 Å². The van der Waals surface area contributed by atoms with Gasteiger partial charge in [-0.3, -0.25) is 19.8 Å². The third kappa shape index (κ3) is 7.01. The van der Waals surface area contributed by atoms with E-state index in [0.29, 0.717) is 24.9 Å². The molecular weight excluding hydrogens is 532 g/mol. The Morgan fingerprint density at radius 3 is 2.55 bits per heavy atom. The van der Waals surface area contributed by atoms with Gasteiger partial charge in [0, 0.05) is 31.6 Å². The largest absolute Gasteiger partial charge is 0.370 e. The second kappa shape index (κ2) is 12.7. The van der Waals surface area contributed by atoms with E-state index in [4.69, 9.17) is 11.1 Å². The number of ketones is 1. The summed E-state index contributed by atoms with van der Waals surface area (Å²) in [5, 5.41) is 14.5. The Bertz CT molecular complexity index is 1530. The number of carbonyl (C=O) groups is 3. The van der Waals surface area contributed by atoms with Crippen LogP contribution in [0.15, 0.2) is 71.6 Å². The molecule has 1 aliphatic rings. The summed E-state index contributed by atoms with van der Waals surface area (Å²) in [7, 11) is -4.20. The number of hydrogen-bond acceptors (Lipinski definition) is 6. The Balaban J connectivity index is 1.56. The molecule has 2 unspecified atom stereocenters. The van der Waals surface area contributed by atoms with Crippen LogP contribution in [0.2, 0.25) is 0 Å². The van der Waals surface area contributed by atoms with Crippen molar-refractivity contribution in [3.05, 3.63) is 72.3 Å². The van der Waals surface area contributed by atoms with Crippen molar-refractivity contribution in [1.82, 2.24) is 14.9 Å². The van der Waals surface area contributed by atoms with Crippen LogP contribution in [-0.2, 0) is 19.6 Å². The molecule has 0 radical (unpaired) electrons. The van der Waals surface area contributed by atoms with Gasteiger partial charge in [-0.1, -0.05) is 42.5 Å². The van der Waals surface area contributed by atoms with Crippen molar-refractivity contribution in [1.29, 1.82) is 5.41 Å². The summed E-state index contributed by atoms with van der Waals surface area (Å²) in [5.41, 5.74) is 6.03. The molecule has 0 bridgehead atoms. The Labute approximate surface area is 232 Å². The number of nitrogens with zero attached hydrogens (tertiary/aromatic N) is 1. The Morgan fingerprint density at radius 2 is 1.80 bits per heavy atom. The van der Waals surface area contributed by atoms with Gasteiger partial charge in [0.1, 0.15) is 6.04 Å². The first-order valence-corrected chi connectivity index (χ1v) is 14.4. The molecule has 0 aliphatic carbocycles. The van der Waals surface area contributed by atoms with Crippen molar-refractivity contribution < 1.29 is 22.8 Å². The molecule has 11 nitrogen and oxygen atoms in total. The van der Waals surface area contributed by atoms with Crippen LogP contribution in [0.1, 0.15) is 29.6 Å². The number of piperidine rings is 1. The van der Waals surface area contributed by atoms with Gasteiger partial charge in [0.15, 0.2) is 11.7 Å². The summed E-state index contributed by atoms with van der Waals surface area (Å²) in [5.74, 6) is -1.21. The lowest BCUT2D eigenvalue weighted by Crippen LogP contribution is -2.50. The number of hydrogen-bond donors (Lipinski definition) is 5. The lowest BCUT2D eigenvalue weighted by molar-refractivity contribution is -0.123. The fraction of sp³-hybridized carbons (Fsp3) is 0.286. The smallest absolute Gasteiger partial charge is 0.241 e. The summed E-state index contributed by atoms with van der Waals surface area (Å²) < 4.78 is 29.2. The molecule has 2 atom stereocenters. The quantitative estimate of drug-likeness (QED) is 0.102. The number of fused-ring (bicyclic) bond motifs is 1. The number of likely N-dealkylation sites (tertiary alicyclic amines) is 1. The normalized spacial score (nSPS) is 16.2. The van der Waals surface area contributed by atoms with Crippen molar-refractivity contribution in [2.75, 3.05) is 25.0 Å². The Hall–Kier alpha value is -4.29. The molecular formula is C28H32N6O5S.